The largest absolute Gasteiger partial charge is 0.465 e. The highest BCUT2D eigenvalue weighted by Crippen LogP contribution is 2.26. The molecule has 0 aliphatic carbocycles. The van der Waals surface area contributed by atoms with Crippen molar-refractivity contribution in [3.8, 4) is 0 Å². The van der Waals surface area contributed by atoms with Gasteiger partial charge in [0.25, 0.3) is 0 Å². The highest BCUT2D eigenvalue weighted by atomic mass is 32.2. The van der Waals surface area contributed by atoms with Crippen LogP contribution in [0, 0.1) is 0 Å². The Hall–Kier alpha value is -1.00. The molecule has 0 fully saturated rings. The smallest absolute Gasteiger partial charge is 0.319 e. The maximum Gasteiger partial charge on any atom is 0.319 e. The van der Waals surface area contributed by atoms with Crippen LogP contribution in [0.5, 0.6) is 0 Å². The molecule has 0 bridgehead atoms. The fourth-order valence-electron chi connectivity index (χ4n) is 1.40. The summed E-state index contributed by atoms with van der Waals surface area (Å²) >= 11 is 1.54. The lowest BCUT2D eigenvalue weighted by atomic mass is 10.2. The van der Waals surface area contributed by atoms with Gasteiger partial charge in [0.15, 0.2) is 0 Å². The van der Waals surface area contributed by atoms with E-state index in [0.717, 1.165) is 16.9 Å². The SMILES string of the molecule is CCOC(=O)C(CC)Sc1ccc(CN)cc1. The van der Waals surface area contributed by atoms with Gasteiger partial charge in [-0.15, -0.1) is 11.8 Å². The molecule has 3 nitrogen and oxygen atoms in total. The first kappa shape index (κ1) is 14.1. The van der Waals surface area contributed by atoms with Crippen LogP contribution in [0.1, 0.15) is 25.8 Å². The van der Waals surface area contributed by atoms with Crippen molar-refractivity contribution >= 4 is 17.7 Å². The van der Waals surface area contributed by atoms with Gasteiger partial charge in [-0.3, -0.25) is 4.79 Å². The first-order chi connectivity index (χ1) is 8.21. The lowest BCUT2D eigenvalue weighted by Crippen LogP contribution is -2.19. The molecule has 0 saturated carbocycles. The minimum atomic E-state index is -0.136. The summed E-state index contributed by atoms with van der Waals surface area (Å²) in [6.45, 7) is 4.79. The fraction of sp³-hybridized carbons (Fsp3) is 0.462. The summed E-state index contributed by atoms with van der Waals surface area (Å²) in [6.07, 6.45) is 0.766. The van der Waals surface area contributed by atoms with Crippen molar-refractivity contribution in [1.29, 1.82) is 0 Å². The summed E-state index contributed by atoms with van der Waals surface area (Å²) in [7, 11) is 0. The summed E-state index contributed by atoms with van der Waals surface area (Å²) < 4.78 is 5.03. The Morgan fingerprint density at radius 1 is 1.35 bits per heavy atom. The molecule has 1 aromatic rings. The lowest BCUT2D eigenvalue weighted by molar-refractivity contribution is -0.142. The van der Waals surface area contributed by atoms with Crippen molar-refractivity contribution < 1.29 is 9.53 Å². The summed E-state index contributed by atoms with van der Waals surface area (Å²) in [4.78, 5) is 12.7. The van der Waals surface area contributed by atoms with Crippen LogP contribution in [-0.4, -0.2) is 17.8 Å². The van der Waals surface area contributed by atoms with Gasteiger partial charge in [-0.2, -0.15) is 0 Å². The zero-order valence-electron chi connectivity index (χ0n) is 10.3. The molecule has 0 aliphatic heterocycles. The first-order valence-electron chi connectivity index (χ1n) is 5.83. The third-order valence-corrected chi connectivity index (χ3v) is 3.71. The molecule has 94 valence electrons. The van der Waals surface area contributed by atoms with E-state index in [9.17, 15) is 4.79 Å². The van der Waals surface area contributed by atoms with E-state index in [2.05, 4.69) is 0 Å². The molecule has 2 N–H and O–H groups in total. The van der Waals surface area contributed by atoms with Crippen LogP contribution in [0.3, 0.4) is 0 Å². The lowest BCUT2D eigenvalue weighted by Gasteiger charge is -2.13. The molecule has 1 unspecified atom stereocenters. The number of ether oxygens (including phenoxy) is 1. The normalized spacial score (nSPS) is 12.2. The van der Waals surface area contributed by atoms with Gasteiger partial charge < -0.3 is 10.5 Å². The molecule has 1 atom stereocenters. The quantitative estimate of drug-likeness (QED) is 0.625. The van der Waals surface area contributed by atoms with Gasteiger partial charge in [0, 0.05) is 11.4 Å². The molecule has 1 rings (SSSR count). The predicted octanol–water partition coefficient (Wildman–Crippen LogP) is 2.58. The maximum absolute atomic E-state index is 11.6. The minimum absolute atomic E-state index is 0.126. The number of benzene rings is 1. The summed E-state index contributed by atoms with van der Waals surface area (Å²) in [5.74, 6) is -0.136. The Balaban J connectivity index is 2.63. The van der Waals surface area contributed by atoms with Crippen LogP contribution < -0.4 is 5.73 Å². The number of hydrogen-bond donors (Lipinski definition) is 1. The second kappa shape index (κ2) is 7.35. The van der Waals surface area contributed by atoms with Crippen LogP contribution in [0.4, 0.5) is 0 Å². The van der Waals surface area contributed by atoms with Crippen LogP contribution >= 0.6 is 11.8 Å². The average Bonchev–Trinajstić information content (AvgIpc) is 2.37. The van der Waals surface area contributed by atoms with E-state index in [4.69, 9.17) is 10.5 Å². The molecular formula is C13H19NO2S. The van der Waals surface area contributed by atoms with E-state index in [1.165, 1.54) is 0 Å². The fourth-order valence-corrected chi connectivity index (χ4v) is 2.35. The standard InChI is InChI=1S/C13H19NO2S/c1-3-12(13(15)16-4-2)17-11-7-5-10(9-14)6-8-11/h5-8,12H,3-4,9,14H2,1-2H3. The molecule has 1 aromatic carbocycles. The molecule has 0 heterocycles. The van der Waals surface area contributed by atoms with E-state index < -0.39 is 0 Å². The molecule has 0 spiro atoms. The average molecular weight is 253 g/mol. The predicted molar refractivity (Wildman–Crippen MR) is 70.9 cm³/mol. The van der Waals surface area contributed by atoms with Crippen molar-refractivity contribution in [3.63, 3.8) is 0 Å². The number of thioether (sulfide) groups is 1. The second-order valence-corrected chi connectivity index (χ2v) is 4.89. The molecule has 0 aliphatic rings. The summed E-state index contributed by atoms with van der Waals surface area (Å²) in [5, 5.41) is -0.126. The van der Waals surface area contributed by atoms with Gasteiger partial charge in [0.1, 0.15) is 5.25 Å². The zero-order valence-corrected chi connectivity index (χ0v) is 11.1. The Morgan fingerprint density at radius 3 is 2.47 bits per heavy atom. The molecule has 0 aromatic heterocycles. The van der Waals surface area contributed by atoms with Crippen molar-refractivity contribution in [2.24, 2.45) is 5.73 Å². The maximum atomic E-state index is 11.6. The number of carbonyl (C=O) groups is 1. The summed E-state index contributed by atoms with van der Waals surface area (Å²) in [6, 6.07) is 7.96. The van der Waals surface area contributed by atoms with Gasteiger partial charge in [-0.25, -0.2) is 0 Å². The van der Waals surface area contributed by atoms with Crippen LogP contribution in [0.15, 0.2) is 29.2 Å². The Morgan fingerprint density at radius 2 is 2.00 bits per heavy atom. The van der Waals surface area contributed by atoms with E-state index >= 15 is 0 Å². The van der Waals surface area contributed by atoms with Crippen molar-refractivity contribution in [2.45, 2.75) is 37.0 Å². The van der Waals surface area contributed by atoms with Crippen LogP contribution in [0.25, 0.3) is 0 Å². The van der Waals surface area contributed by atoms with Crippen LogP contribution in [0.2, 0.25) is 0 Å². The number of rotatable bonds is 6. The van der Waals surface area contributed by atoms with Crippen molar-refractivity contribution in [3.05, 3.63) is 29.8 Å². The molecule has 17 heavy (non-hydrogen) atoms. The van der Waals surface area contributed by atoms with Gasteiger partial charge in [-0.05, 0) is 31.0 Å². The molecular weight excluding hydrogens is 234 g/mol. The van der Waals surface area contributed by atoms with Gasteiger partial charge in [-0.1, -0.05) is 19.1 Å². The van der Waals surface area contributed by atoms with Crippen LogP contribution in [-0.2, 0) is 16.1 Å². The van der Waals surface area contributed by atoms with E-state index in [-0.39, 0.29) is 11.2 Å². The topological polar surface area (TPSA) is 52.3 Å². The molecule has 0 saturated heterocycles. The van der Waals surface area contributed by atoms with Gasteiger partial charge in [0.2, 0.25) is 0 Å². The Bertz CT molecular complexity index is 351. The second-order valence-electron chi connectivity index (χ2n) is 3.61. The number of carbonyl (C=O) groups excluding carboxylic acids is 1. The van der Waals surface area contributed by atoms with Gasteiger partial charge in [0.05, 0.1) is 6.61 Å². The third kappa shape index (κ3) is 4.40. The highest BCUT2D eigenvalue weighted by Gasteiger charge is 2.18. The monoisotopic (exact) mass is 253 g/mol. The first-order valence-corrected chi connectivity index (χ1v) is 6.71. The van der Waals surface area contributed by atoms with Crippen molar-refractivity contribution in [1.82, 2.24) is 0 Å². The number of hydrogen-bond acceptors (Lipinski definition) is 4. The van der Waals surface area contributed by atoms with E-state index in [1.54, 1.807) is 11.8 Å². The van der Waals surface area contributed by atoms with Crippen molar-refractivity contribution in [2.75, 3.05) is 6.61 Å². The Labute approximate surface area is 107 Å². The molecule has 0 radical (unpaired) electrons. The molecule has 0 amide bonds. The van der Waals surface area contributed by atoms with Gasteiger partial charge >= 0.3 is 5.97 Å². The Kier molecular flexibility index (Phi) is 6.08. The highest BCUT2D eigenvalue weighted by molar-refractivity contribution is 8.00. The van der Waals surface area contributed by atoms with E-state index in [0.29, 0.717) is 13.2 Å². The van der Waals surface area contributed by atoms with E-state index in [1.807, 2.05) is 38.1 Å². The number of esters is 1. The zero-order chi connectivity index (χ0) is 12.7. The summed E-state index contributed by atoms with van der Waals surface area (Å²) in [5.41, 5.74) is 6.63. The minimum Gasteiger partial charge on any atom is -0.465 e. The molecule has 4 heteroatoms. The third-order valence-electron chi connectivity index (χ3n) is 2.36. The number of nitrogens with two attached hydrogens (primary N) is 1.